The molecule has 0 radical (unpaired) electrons. The van der Waals surface area contributed by atoms with Gasteiger partial charge in [0.1, 0.15) is 11.6 Å². The third-order valence-electron chi connectivity index (χ3n) is 3.77. The van der Waals surface area contributed by atoms with Gasteiger partial charge in [0, 0.05) is 25.4 Å². The van der Waals surface area contributed by atoms with E-state index in [0.29, 0.717) is 6.42 Å². The summed E-state index contributed by atoms with van der Waals surface area (Å²) >= 11 is 0. The molecule has 0 bridgehead atoms. The number of benzene rings is 1. The average molecular weight is 240 g/mol. The molecule has 1 aromatic heterocycles. The first-order valence-corrected chi connectivity index (χ1v) is 6.32. The number of ketones is 1. The first-order chi connectivity index (χ1) is 8.75. The zero-order valence-corrected chi connectivity index (χ0v) is 10.5. The van der Waals surface area contributed by atoms with Crippen LogP contribution >= 0.6 is 0 Å². The molecule has 0 fully saturated rings. The first-order valence-electron chi connectivity index (χ1n) is 6.32. The number of hydrogen-bond acceptors (Lipinski definition) is 2. The molecule has 1 atom stereocenters. The van der Waals surface area contributed by atoms with E-state index in [1.165, 1.54) is 11.1 Å². The molecule has 0 amide bonds. The summed E-state index contributed by atoms with van der Waals surface area (Å²) in [5, 5.41) is 0. The second-order valence-corrected chi connectivity index (χ2v) is 4.89. The molecule has 0 saturated carbocycles. The van der Waals surface area contributed by atoms with Crippen molar-refractivity contribution in [1.82, 2.24) is 9.55 Å². The van der Waals surface area contributed by atoms with Gasteiger partial charge in [0.05, 0.1) is 6.42 Å². The van der Waals surface area contributed by atoms with Crippen LogP contribution in [0.1, 0.15) is 29.3 Å². The molecule has 1 aromatic carbocycles. The monoisotopic (exact) mass is 240 g/mol. The summed E-state index contributed by atoms with van der Waals surface area (Å²) in [6, 6.07) is 8.28. The van der Waals surface area contributed by atoms with Crippen LogP contribution in [0, 0.1) is 0 Å². The van der Waals surface area contributed by atoms with Gasteiger partial charge in [0.2, 0.25) is 0 Å². The van der Waals surface area contributed by atoms with Crippen molar-refractivity contribution in [2.75, 3.05) is 0 Å². The minimum atomic E-state index is 0.0675. The molecule has 2 aromatic rings. The number of nitrogens with zero attached hydrogens (tertiary/aromatic N) is 2. The number of aryl methyl sites for hydroxylation is 2. The van der Waals surface area contributed by atoms with Gasteiger partial charge in [-0.1, -0.05) is 24.3 Å². The molecular weight excluding hydrogens is 224 g/mol. The number of carbonyl (C=O) groups excluding carboxylic acids is 1. The summed E-state index contributed by atoms with van der Waals surface area (Å²) in [4.78, 5) is 16.6. The SMILES string of the molecule is Cn1ccnc1CC(=O)C1CCc2ccccc21. The van der Waals surface area contributed by atoms with Crippen LogP contribution in [-0.4, -0.2) is 15.3 Å². The smallest absolute Gasteiger partial charge is 0.147 e. The second kappa shape index (κ2) is 4.41. The van der Waals surface area contributed by atoms with Gasteiger partial charge in [-0.05, 0) is 24.0 Å². The fraction of sp³-hybridized carbons (Fsp3) is 0.333. The van der Waals surface area contributed by atoms with Crippen LogP contribution in [-0.2, 0) is 24.7 Å². The summed E-state index contributed by atoms with van der Waals surface area (Å²) in [6.45, 7) is 0. The average Bonchev–Trinajstić information content (AvgIpc) is 2.96. The van der Waals surface area contributed by atoms with Gasteiger partial charge >= 0.3 is 0 Å². The van der Waals surface area contributed by atoms with Crippen molar-refractivity contribution in [2.24, 2.45) is 7.05 Å². The van der Waals surface area contributed by atoms with Gasteiger partial charge in [0.15, 0.2) is 0 Å². The highest BCUT2D eigenvalue weighted by Gasteiger charge is 2.28. The van der Waals surface area contributed by atoms with Crippen LogP contribution in [0.2, 0.25) is 0 Å². The fourth-order valence-electron chi connectivity index (χ4n) is 2.74. The molecule has 92 valence electrons. The largest absolute Gasteiger partial charge is 0.338 e. The van der Waals surface area contributed by atoms with Crippen LogP contribution in [0.25, 0.3) is 0 Å². The van der Waals surface area contributed by atoms with E-state index in [1.54, 1.807) is 6.20 Å². The van der Waals surface area contributed by atoms with E-state index in [9.17, 15) is 4.79 Å². The molecule has 1 aliphatic carbocycles. The number of aromatic nitrogens is 2. The molecule has 0 saturated heterocycles. The number of imidazole rings is 1. The Bertz CT molecular complexity index is 586. The standard InChI is InChI=1S/C15H16N2O/c1-17-9-8-16-15(17)10-14(18)13-7-6-11-4-2-3-5-12(11)13/h2-5,8-9,13H,6-7,10H2,1H3. The minimum Gasteiger partial charge on any atom is -0.338 e. The summed E-state index contributed by atoms with van der Waals surface area (Å²) in [6.07, 6.45) is 6.02. The molecule has 0 N–H and O–H groups in total. The maximum atomic E-state index is 12.4. The highest BCUT2D eigenvalue weighted by molar-refractivity contribution is 5.88. The van der Waals surface area contributed by atoms with E-state index in [4.69, 9.17) is 0 Å². The van der Waals surface area contributed by atoms with E-state index < -0.39 is 0 Å². The van der Waals surface area contributed by atoms with Crippen LogP contribution in [0.3, 0.4) is 0 Å². The molecular formula is C15H16N2O. The number of fused-ring (bicyclic) bond motifs is 1. The van der Waals surface area contributed by atoms with Gasteiger partial charge in [-0.2, -0.15) is 0 Å². The number of carbonyl (C=O) groups is 1. The molecule has 0 spiro atoms. The van der Waals surface area contributed by atoms with Crippen molar-refractivity contribution >= 4 is 5.78 Å². The molecule has 1 aliphatic rings. The highest BCUT2D eigenvalue weighted by Crippen LogP contribution is 2.34. The van der Waals surface area contributed by atoms with Gasteiger partial charge in [-0.25, -0.2) is 4.98 Å². The molecule has 1 heterocycles. The Balaban J connectivity index is 1.81. The van der Waals surface area contributed by atoms with Crippen molar-refractivity contribution in [2.45, 2.75) is 25.2 Å². The van der Waals surface area contributed by atoms with E-state index in [0.717, 1.165) is 18.7 Å². The summed E-state index contributed by atoms with van der Waals surface area (Å²) in [5.74, 6) is 1.21. The zero-order chi connectivity index (χ0) is 12.5. The van der Waals surface area contributed by atoms with Gasteiger partial charge in [-0.3, -0.25) is 4.79 Å². The normalized spacial score (nSPS) is 17.7. The lowest BCUT2D eigenvalue weighted by atomic mass is 9.95. The van der Waals surface area contributed by atoms with Crippen LogP contribution in [0.5, 0.6) is 0 Å². The quantitative estimate of drug-likeness (QED) is 0.824. The first kappa shape index (κ1) is 11.2. The lowest BCUT2D eigenvalue weighted by Crippen LogP contribution is -2.15. The molecule has 3 rings (SSSR count). The number of hydrogen-bond donors (Lipinski definition) is 0. The van der Waals surface area contributed by atoms with Crippen molar-refractivity contribution < 1.29 is 4.79 Å². The van der Waals surface area contributed by atoms with Crippen LogP contribution in [0.15, 0.2) is 36.7 Å². The Hall–Kier alpha value is -1.90. The van der Waals surface area contributed by atoms with E-state index >= 15 is 0 Å². The van der Waals surface area contributed by atoms with Crippen LogP contribution < -0.4 is 0 Å². The van der Waals surface area contributed by atoms with E-state index in [2.05, 4.69) is 17.1 Å². The summed E-state index contributed by atoms with van der Waals surface area (Å²) in [5.41, 5.74) is 2.55. The Morgan fingerprint density at radius 2 is 2.28 bits per heavy atom. The molecule has 3 nitrogen and oxygen atoms in total. The maximum Gasteiger partial charge on any atom is 0.147 e. The van der Waals surface area contributed by atoms with Crippen molar-refractivity contribution in [3.63, 3.8) is 0 Å². The third-order valence-corrected chi connectivity index (χ3v) is 3.77. The van der Waals surface area contributed by atoms with Gasteiger partial charge < -0.3 is 4.57 Å². The van der Waals surface area contributed by atoms with Gasteiger partial charge in [0.25, 0.3) is 0 Å². The summed E-state index contributed by atoms with van der Waals surface area (Å²) in [7, 11) is 1.93. The Morgan fingerprint density at radius 3 is 3.06 bits per heavy atom. The predicted octanol–water partition coefficient (Wildman–Crippen LogP) is 2.26. The third kappa shape index (κ3) is 1.86. The Kier molecular flexibility index (Phi) is 2.74. The van der Waals surface area contributed by atoms with Crippen LogP contribution in [0.4, 0.5) is 0 Å². The number of Topliss-reactive ketones (excluding diaryl/α,β-unsaturated/α-hetero) is 1. The molecule has 18 heavy (non-hydrogen) atoms. The van der Waals surface area contributed by atoms with Crippen molar-refractivity contribution in [1.29, 1.82) is 0 Å². The fourth-order valence-corrected chi connectivity index (χ4v) is 2.74. The maximum absolute atomic E-state index is 12.4. The molecule has 3 heteroatoms. The Morgan fingerprint density at radius 1 is 1.44 bits per heavy atom. The lowest BCUT2D eigenvalue weighted by molar-refractivity contribution is -0.120. The molecule has 0 aliphatic heterocycles. The Labute approximate surface area is 106 Å². The highest BCUT2D eigenvalue weighted by atomic mass is 16.1. The van der Waals surface area contributed by atoms with E-state index in [-0.39, 0.29) is 11.7 Å². The molecule has 1 unspecified atom stereocenters. The lowest BCUT2D eigenvalue weighted by Gasteiger charge is -2.10. The van der Waals surface area contributed by atoms with Crippen molar-refractivity contribution in [3.8, 4) is 0 Å². The minimum absolute atomic E-state index is 0.0675. The van der Waals surface area contributed by atoms with Gasteiger partial charge in [-0.15, -0.1) is 0 Å². The number of rotatable bonds is 3. The zero-order valence-electron chi connectivity index (χ0n) is 10.5. The predicted molar refractivity (Wildman–Crippen MR) is 69.4 cm³/mol. The summed E-state index contributed by atoms with van der Waals surface area (Å²) < 4.78 is 1.92. The second-order valence-electron chi connectivity index (χ2n) is 4.89. The van der Waals surface area contributed by atoms with Crippen molar-refractivity contribution in [3.05, 3.63) is 53.6 Å². The van der Waals surface area contributed by atoms with E-state index in [1.807, 2.05) is 29.9 Å². The topological polar surface area (TPSA) is 34.9 Å².